The number of aromatic nitrogens is 3. The quantitative estimate of drug-likeness (QED) is 0.209. The predicted molar refractivity (Wildman–Crippen MR) is 188 cm³/mol. The van der Waals surface area contributed by atoms with E-state index in [1.54, 1.807) is 11.9 Å². The Morgan fingerprint density at radius 2 is 1.76 bits per heavy atom. The molecule has 250 valence electrons. The first kappa shape index (κ1) is 32.3. The number of aryl methyl sites for hydroxylation is 3. The lowest BCUT2D eigenvalue weighted by molar-refractivity contribution is -0.131. The lowest BCUT2D eigenvalue weighted by atomic mass is 9.67. The molecule has 3 aromatic carbocycles. The second kappa shape index (κ2) is 12.6. The third-order valence-electron chi connectivity index (χ3n) is 10.6. The molecule has 0 radical (unpaired) electrons. The van der Waals surface area contributed by atoms with Crippen LogP contribution in [0.15, 0.2) is 67.2 Å². The number of amides is 2. The number of rotatable bonds is 9. The van der Waals surface area contributed by atoms with Crippen molar-refractivity contribution in [3.05, 3.63) is 112 Å². The molecule has 5 atom stereocenters. The van der Waals surface area contributed by atoms with Crippen LogP contribution in [-0.2, 0) is 23.1 Å². The summed E-state index contributed by atoms with van der Waals surface area (Å²) in [5.41, 5.74) is 13.6. The normalized spacial score (nSPS) is 22.6. The van der Waals surface area contributed by atoms with Gasteiger partial charge in [0.15, 0.2) is 5.82 Å². The van der Waals surface area contributed by atoms with E-state index in [0.29, 0.717) is 48.1 Å². The van der Waals surface area contributed by atoms with Crippen LogP contribution in [0.5, 0.6) is 0 Å². The van der Waals surface area contributed by atoms with Crippen LogP contribution < -0.4 is 16.4 Å². The number of piperidine rings is 1. The van der Waals surface area contributed by atoms with Crippen LogP contribution in [0.2, 0.25) is 0 Å². The highest BCUT2D eigenvalue weighted by Gasteiger charge is 2.54. The van der Waals surface area contributed by atoms with Crippen molar-refractivity contribution in [1.29, 1.82) is 5.26 Å². The number of nitrogens with zero attached hydrogens (tertiary/aromatic N) is 4. The molecule has 2 fully saturated rings. The fraction of sp³-hybridized carbons (Fsp3) is 0.359. The molecule has 1 aliphatic heterocycles. The van der Waals surface area contributed by atoms with Crippen molar-refractivity contribution < 1.29 is 9.59 Å². The lowest BCUT2D eigenvalue weighted by Crippen LogP contribution is -2.46. The SMILES string of the molecule is C=C(N)c1ccc2c(c1)CCc1cc(C(=O)NC)ccc1C2(C[C@H](C)NCC(=O)N1C(C#N)C[C@@H]2C[C@@H]21)c1nc(-c2ccc(C)cc2)n[nH]1. The molecule has 0 bridgehead atoms. The molecular formula is C39H42N8O2. The fourth-order valence-electron chi connectivity index (χ4n) is 8.00. The molecule has 1 saturated heterocycles. The maximum Gasteiger partial charge on any atom is 0.251 e. The van der Waals surface area contributed by atoms with Crippen molar-refractivity contribution in [2.45, 2.75) is 69.5 Å². The molecule has 0 spiro atoms. The molecular weight excluding hydrogens is 612 g/mol. The number of benzene rings is 3. The van der Waals surface area contributed by atoms with Gasteiger partial charge in [0.25, 0.3) is 5.91 Å². The largest absolute Gasteiger partial charge is 0.399 e. The minimum Gasteiger partial charge on any atom is -0.399 e. The van der Waals surface area contributed by atoms with E-state index < -0.39 is 5.41 Å². The van der Waals surface area contributed by atoms with Crippen molar-refractivity contribution in [2.24, 2.45) is 11.7 Å². The van der Waals surface area contributed by atoms with Crippen molar-refractivity contribution in [3.8, 4) is 17.5 Å². The maximum absolute atomic E-state index is 13.5. The standard InChI is InChI=1S/C39H42N8O2/c1-22-5-7-25(8-6-22)36-44-38(46-45-36)39(19-23(2)43-21-35(48)47-31(20-40)17-30-18-34(30)47)32-13-11-26(24(3)41)15-27(32)9-10-28-16-29(37(49)42-4)12-14-33(28)39/h5-8,11-16,23,30-31,34,43H,3,9-10,17-19,21,41H2,1-2,4H3,(H,42,49)(H,44,45,46)/t23-,30+,31?,34-,39?/m0/s1. The van der Waals surface area contributed by atoms with Gasteiger partial charge in [-0.15, -0.1) is 0 Å². The number of aromatic amines is 1. The number of nitrogens with one attached hydrogen (secondary N) is 3. The van der Waals surface area contributed by atoms with Crippen molar-refractivity contribution in [3.63, 3.8) is 0 Å². The smallest absolute Gasteiger partial charge is 0.251 e. The van der Waals surface area contributed by atoms with Gasteiger partial charge in [-0.25, -0.2) is 4.98 Å². The highest BCUT2D eigenvalue weighted by Crippen LogP contribution is 2.49. The summed E-state index contributed by atoms with van der Waals surface area (Å²) in [5, 5.41) is 24.0. The Balaban J connectivity index is 1.35. The number of H-pyrrole nitrogens is 1. The van der Waals surface area contributed by atoms with E-state index in [9.17, 15) is 14.9 Å². The van der Waals surface area contributed by atoms with Gasteiger partial charge in [0.05, 0.1) is 18.0 Å². The Bertz CT molecular complexity index is 1990. The number of fused-ring (bicyclic) bond motifs is 3. The second-order valence-electron chi connectivity index (χ2n) is 13.9. The first-order valence-electron chi connectivity index (χ1n) is 17.0. The molecule has 4 aromatic rings. The van der Waals surface area contributed by atoms with E-state index in [1.807, 2.05) is 55.5 Å². The second-order valence-corrected chi connectivity index (χ2v) is 13.9. The summed E-state index contributed by atoms with van der Waals surface area (Å²) in [6.45, 7) is 8.25. The molecule has 2 amide bonds. The minimum absolute atomic E-state index is 0.0400. The molecule has 49 heavy (non-hydrogen) atoms. The van der Waals surface area contributed by atoms with Crippen LogP contribution in [0.1, 0.15) is 75.7 Å². The third kappa shape index (κ3) is 5.78. The average molecular weight is 655 g/mol. The summed E-state index contributed by atoms with van der Waals surface area (Å²) in [5.74, 6) is 1.52. The summed E-state index contributed by atoms with van der Waals surface area (Å²) in [4.78, 5) is 33.3. The molecule has 3 aliphatic rings. The molecule has 2 heterocycles. The Kier molecular flexibility index (Phi) is 8.33. The van der Waals surface area contributed by atoms with Gasteiger partial charge >= 0.3 is 0 Å². The Labute approximate surface area is 286 Å². The predicted octanol–water partition coefficient (Wildman–Crippen LogP) is 4.38. The molecule has 1 aromatic heterocycles. The summed E-state index contributed by atoms with van der Waals surface area (Å²) in [6.07, 6.45) is 3.69. The number of likely N-dealkylation sites (tertiary alicyclic amines) is 1. The average Bonchev–Trinajstić information content (AvgIpc) is 3.54. The van der Waals surface area contributed by atoms with Crippen LogP contribution >= 0.6 is 0 Å². The monoisotopic (exact) mass is 654 g/mol. The van der Waals surface area contributed by atoms with Gasteiger partial charge in [-0.1, -0.05) is 54.6 Å². The fourth-order valence-corrected chi connectivity index (χ4v) is 8.00. The zero-order valence-corrected chi connectivity index (χ0v) is 28.2. The molecule has 2 aliphatic carbocycles. The zero-order chi connectivity index (χ0) is 34.4. The molecule has 2 unspecified atom stereocenters. The summed E-state index contributed by atoms with van der Waals surface area (Å²) in [6, 6.07) is 22.3. The van der Waals surface area contributed by atoms with Gasteiger partial charge in [0.1, 0.15) is 11.9 Å². The van der Waals surface area contributed by atoms with Gasteiger partial charge < -0.3 is 21.3 Å². The maximum atomic E-state index is 13.5. The zero-order valence-electron chi connectivity index (χ0n) is 28.2. The Morgan fingerprint density at radius 1 is 1.08 bits per heavy atom. The summed E-state index contributed by atoms with van der Waals surface area (Å²) in [7, 11) is 1.63. The highest BCUT2D eigenvalue weighted by molar-refractivity contribution is 5.94. The molecule has 5 N–H and O–H groups in total. The molecule has 10 nitrogen and oxygen atoms in total. The van der Waals surface area contributed by atoms with Crippen LogP contribution in [0.4, 0.5) is 0 Å². The van der Waals surface area contributed by atoms with E-state index in [4.69, 9.17) is 15.8 Å². The Morgan fingerprint density at radius 3 is 2.41 bits per heavy atom. The van der Waals surface area contributed by atoms with E-state index in [-0.39, 0.29) is 36.5 Å². The van der Waals surface area contributed by atoms with Crippen molar-refractivity contribution in [2.75, 3.05) is 13.6 Å². The van der Waals surface area contributed by atoms with Gasteiger partial charge in [-0.2, -0.15) is 10.4 Å². The van der Waals surface area contributed by atoms with E-state index in [2.05, 4.69) is 47.4 Å². The van der Waals surface area contributed by atoms with E-state index >= 15 is 0 Å². The van der Waals surface area contributed by atoms with E-state index in [0.717, 1.165) is 51.8 Å². The van der Waals surface area contributed by atoms with Gasteiger partial charge in [0.2, 0.25) is 5.91 Å². The summed E-state index contributed by atoms with van der Waals surface area (Å²) < 4.78 is 0. The lowest BCUT2D eigenvalue weighted by Gasteiger charge is -2.37. The first-order valence-corrected chi connectivity index (χ1v) is 17.0. The number of hydrogen-bond acceptors (Lipinski definition) is 7. The number of carbonyl (C=O) groups excluding carboxylic acids is 2. The molecule has 10 heteroatoms. The summed E-state index contributed by atoms with van der Waals surface area (Å²) >= 11 is 0. The number of nitriles is 1. The number of carbonyl (C=O) groups is 2. The highest BCUT2D eigenvalue weighted by atomic mass is 16.2. The number of nitrogens with two attached hydrogens (primary N) is 1. The first-order chi connectivity index (χ1) is 23.6. The van der Waals surface area contributed by atoms with Crippen LogP contribution in [-0.4, -0.2) is 63.6 Å². The van der Waals surface area contributed by atoms with E-state index in [1.165, 1.54) is 0 Å². The van der Waals surface area contributed by atoms with Crippen molar-refractivity contribution in [1.82, 2.24) is 30.7 Å². The van der Waals surface area contributed by atoms with Crippen LogP contribution in [0.3, 0.4) is 0 Å². The van der Waals surface area contributed by atoms with Crippen LogP contribution in [0.25, 0.3) is 17.1 Å². The topological polar surface area (TPSA) is 153 Å². The van der Waals surface area contributed by atoms with Gasteiger partial charge in [-0.05, 0) is 97.9 Å². The third-order valence-corrected chi connectivity index (χ3v) is 10.6. The molecule has 7 rings (SSSR count). The van der Waals surface area contributed by atoms with Gasteiger partial charge in [0, 0.05) is 36.0 Å². The number of hydrogen-bond donors (Lipinski definition) is 4. The molecule has 1 saturated carbocycles. The Hall–Kier alpha value is -5.27. The van der Waals surface area contributed by atoms with Crippen LogP contribution in [0, 0.1) is 24.2 Å². The minimum atomic E-state index is -0.841. The van der Waals surface area contributed by atoms with Gasteiger partial charge in [-0.3, -0.25) is 14.7 Å². The van der Waals surface area contributed by atoms with Crippen molar-refractivity contribution >= 4 is 17.5 Å².